The molecule has 2 aliphatic heterocycles. The molecule has 2 aliphatic rings. The number of hydrogen-bond donors (Lipinski definition) is 0. The number of rotatable bonds is 3. The number of benzene rings is 2. The number of carbonyl (C=O) groups excluding carboxylic acids is 1. The first-order valence-electron chi connectivity index (χ1n) is 11.4. The molecule has 0 bridgehead atoms. The molecule has 1 amide bonds. The fraction of sp³-hybridized carbons (Fsp3) is 0.320. The Morgan fingerprint density at radius 2 is 2.00 bits per heavy atom. The van der Waals surface area contributed by atoms with E-state index in [0.717, 1.165) is 6.07 Å². The predicted octanol–water partition coefficient (Wildman–Crippen LogP) is 5.06. The van der Waals surface area contributed by atoms with Gasteiger partial charge in [-0.15, -0.1) is 11.8 Å². The van der Waals surface area contributed by atoms with Crippen LogP contribution in [0.4, 0.5) is 19.0 Å². The zero-order valence-electron chi connectivity index (χ0n) is 19.3. The molecule has 0 N–H and O–H groups in total. The molecule has 1 unspecified atom stereocenters. The van der Waals surface area contributed by atoms with Crippen LogP contribution in [0, 0.1) is 0 Å². The highest BCUT2D eigenvalue weighted by molar-refractivity contribution is 7.99. The number of amides is 1. The molecule has 188 valence electrons. The van der Waals surface area contributed by atoms with Crippen molar-refractivity contribution in [1.82, 2.24) is 14.5 Å². The molecular weight excluding hydrogens is 513 g/mol. The SMILES string of the molecule is C=CC(=O)N1CCN(c2nc(=O)n3c4c(c(-c5ccccc5C(F)(F)F)c(Cl)cc24)SCC3)C(C)C1. The molecule has 1 aromatic heterocycles. The van der Waals surface area contributed by atoms with Gasteiger partial charge in [-0.25, -0.2) is 4.79 Å². The Kier molecular flexibility index (Phi) is 6.28. The van der Waals surface area contributed by atoms with E-state index in [1.807, 2.05) is 11.8 Å². The van der Waals surface area contributed by atoms with Crippen LogP contribution in [-0.2, 0) is 17.5 Å². The lowest BCUT2D eigenvalue weighted by molar-refractivity contribution is -0.137. The number of piperazine rings is 1. The van der Waals surface area contributed by atoms with Crippen molar-refractivity contribution in [3.63, 3.8) is 0 Å². The van der Waals surface area contributed by atoms with Crippen molar-refractivity contribution in [2.24, 2.45) is 0 Å². The van der Waals surface area contributed by atoms with Gasteiger partial charge >= 0.3 is 11.9 Å². The Morgan fingerprint density at radius 1 is 1.25 bits per heavy atom. The van der Waals surface area contributed by atoms with Crippen molar-refractivity contribution >= 4 is 46.0 Å². The monoisotopic (exact) mass is 534 g/mol. The average Bonchev–Trinajstić information content (AvgIpc) is 2.85. The number of alkyl halides is 3. The number of nitrogens with zero attached hydrogens (tertiary/aromatic N) is 4. The lowest BCUT2D eigenvalue weighted by Gasteiger charge is -2.40. The standard InChI is InChI=1S/C25H22ClF3N4O2S/c1-3-19(34)31-8-9-32(14(2)13-31)23-16-12-18(26)20(15-6-4-5-7-17(15)25(27,28)29)22-21(16)33(10-11-36-22)24(35)30-23/h3-7,12,14H,1,8-11,13H2,2H3. The van der Waals surface area contributed by atoms with Crippen LogP contribution in [0.15, 0.2) is 52.7 Å². The number of aryl methyl sites for hydroxylation is 1. The molecule has 3 heterocycles. The molecule has 3 aromatic rings. The lowest BCUT2D eigenvalue weighted by Crippen LogP contribution is -2.54. The number of carbonyl (C=O) groups is 1. The molecule has 36 heavy (non-hydrogen) atoms. The van der Waals surface area contributed by atoms with Gasteiger partial charge in [-0.3, -0.25) is 9.36 Å². The summed E-state index contributed by atoms with van der Waals surface area (Å²) in [6, 6.07) is 6.78. The van der Waals surface area contributed by atoms with Crippen molar-refractivity contribution in [3.05, 3.63) is 64.1 Å². The Hall–Kier alpha value is -2.98. The first kappa shape index (κ1) is 24.7. The highest BCUT2D eigenvalue weighted by Gasteiger charge is 2.36. The smallest absolute Gasteiger partial charge is 0.350 e. The average molecular weight is 535 g/mol. The largest absolute Gasteiger partial charge is 0.417 e. The van der Waals surface area contributed by atoms with Crippen LogP contribution in [0.3, 0.4) is 0 Å². The van der Waals surface area contributed by atoms with Crippen molar-refractivity contribution < 1.29 is 18.0 Å². The molecule has 11 heteroatoms. The van der Waals surface area contributed by atoms with Crippen LogP contribution < -0.4 is 10.6 Å². The van der Waals surface area contributed by atoms with Gasteiger partial charge in [0.15, 0.2) is 0 Å². The van der Waals surface area contributed by atoms with E-state index in [0.29, 0.717) is 53.5 Å². The summed E-state index contributed by atoms with van der Waals surface area (Å²) in [7, 11) is 0. The van der Waals surface area contributed by atoms with Crippen molar-refractivity contribution in [2.45, 2.75) is 30.6 Å². The molecule has 1 fully saturated rings. The van der Waals surface area contributed by atoms with Crippen LogP contribution in [0.5, 0.6) is 0 Å². The Labute approximate surface area is 214 Å². The van der Waals surface area contributed by atoms with E-state index in [1.54, 1.807) is 17.0 Å². The first-order valence-corrected chi connectivity index (χ1v) is 12.7. The topological polar surface area (TPSA) is 58.4 Å². The van der Waals surface area contributed by atoms with Crippen molar-refractivity contribution in [1.29, 1.82) is 0 Å². The van der Waals surface area contributed by atoms with E-state index >= 15 is 0 Å². The molecule has 0 spiro atoms. The van der Waals surface area contributed by atoms with Crippen LogP contribution in [0.25, 0.3) is 22.0 Å². The van der Waals surface area contributed by atoms with Gasteiger partial charge in [-0.2, -0.15) is 18.2 Å². The zero-order valence-corrected chi connectivity index (χ0v) is 20.9. The van der Waals surface area contributed by atoms with E-state index in [4.69, 9.17) is 11.6 Å². The molecular formula is C25H22ClF3N4O2S. The van der Waals surface area contributed by atoms with Gasteiger partial charge in [0, 0.05) is 53.8 Å². The maximum atomic E-state index is 13.9. The number of aromatic nitrogens is 2. The Morgan fingerprint density at radius 3 is 2.69 bits per heavy atom. The van der Waals surface area contributed by atoms with E-state index in [9.17, 15) is 22.8 Å². The second-order valence-corrected chi connectivity index (χ2v) is 10.3. The lowest BCUT2D eigenvalue weighted by atomic mass is 9.97. The Balaban J connectivity index is 1.73. The van der Waals surface area contributed by atoms with Gasteiger partial charge in [0.2, 0.25) is 5.91 Å². The normalized spacial score (nSPS) is 18.0. The molecule has 1 atom stereocenters. The summed E-state index contributed by atoms with van der Waals surface area (Å²) in [6.45, 7) is 7.14. The summed E-state index contributed by atoms with van der Waals surface area (Å²) in [4.78, 5) is 33.8. The van der Waals surface area contributed by atoms with E-state index in [-0.39, 0.29) is 28.1 Å². The van der Waals surface area contributed by atoms with Crippen molar-refractivity contribution in [3.8, 4) is 11.1 Å². The third-order valence-electron chi connectivity index (χ3n) is 6.60. The molecule has 5 rings (SSSR count). The summed E-state index contributed by atoms with van der Waals surface area (Å²) in [5.74, 6) is 0.758. The summed E-state index contributed by atoms with van der Waals surface area (Å²) in [5.41, 5.74) is -0.471. The van der Waals surface area contributed by atoms with E-state index in [1.165, 1.54) is 34.5 Å². The first-order chi connectivity index (χ1) is 17.1. The summed E-state index contributed by atoms with van der Waals surface area (Å²) < 4.78 is 43.2. The number of thioether (sulfide) groups is 1. The van der Waals surface area contributed by atoms with Crippen molar-refractivity contribution in [2.75, 3.05) is 30.3 Å². The number of halogens is 4. The van der Waals surface area contributed by atoms with Gasteiger partial charge in [0.25, 0.3) is 0 Å². The molecule has 0 radical (unpaired) electrons. The highest BCUT2D eigenvalue weighted by Crippen LogP contribution is 2.48. The zero-order chi connectivity index (χ0) is 25.8. The second-order valence-electron chi connectivity index (χ2n) is 8.75. The quantitative estimate of drug-likeness (QED) is 0.439. The maximum Gasteiger partial charge on any atom is 0.417 e. The van der Waals surface area contributed by atoms with Crippen LogP contribution in [-0.4, -0.2) is 51.8 Å². The van der Waals surface area contributed by atoms with Gasteiger partial charge in [0.05, 0.1) is 16.1 Å². The minimum atomic E-state index is -4.57. The molecule has 1 saturated heterocycles. The third-order valence-corrected chi connectivity index (χ3v) is 7.97. The van der Waals surface area contributed by atoms with Crippen LogP contribution in [0.2, 0.25) is 5.02 Å². The van der Waals surface area contributed by atoms with Crippen LogP contribution >= 0.6 is 23.4 Å². The summed E-state index contributed by atoms with van der Waals surface area (Å²) in [5, 5.41) is 0.760. The fourth-order valence-electron chi connectivity index (χ4n) is 4.97. The Bertz CT molecular complexity index is 1460. The van der Waals surface area contributed by atoms with Gasteiger partial charge in [-0.05, 0) is 30.7 Å². The van der Waals surface area contributed by atoms with E-state index in [2.05, 4.69) is 11.6 Å². The summed E-state index contributed by atoms with van der Waals surface area (Å²) >= 11 is 8.10. The fourth-order valence-corrected chi connectivity index (χ4v) is 6.53. The maximum absolute atomic E-state index is 13.9. The molecule has 2 aromatic carbocycles. The van der Waals surface area contributed by atoms with E-state index < -0.39 is 17.4 Å². The molecule has 0 aliphatic carbocycles. The second kappa shape index (κ2) is 9.15. The number of hydrogen-bond acceptors (Lipinski definition) is 5. The highest BCUT2D eigenvalue weighted by atomic mass is 35.5. The van der Waals surface area contributed by atoms with Crippen LogP contribution in [0.1, 0.15) is 12.5 Å². The molecule has 0 saturated carbocycles. The minimum absolute atomic E-state index is 0.0245. The van der Waals surface area contributed by atoms with Gasteiger partial charge in [0.1, 0.15) is 5.82 Å². The van der Waals surface area contributed by atoms with Gasteiger partial charge in [-0.1, -0.05) is 36.4 Å². The minimum Gasteiger partial charge on any atom is -0.350 e. The molecule has 6 nitrogen and oxygen atoms in total. The predicted molar refractivity (Wildman–Crippen MR) is 136 cm³/mol. The summed E-state index contributed by atoms with van der Waals surface area (Å²) in [6.07, 6.45) is -3.30. The third kappa shape index (κ3) is 4.06. The van der Waals surface area contributed by atoms with Gasteiger partial charge < -0.3 is 9.80 Å². The number of anilines is 1.